The Morgan fingerprint density at radius 1 is 0.963 bits per heavy atom. The molecule has 0 spiro atoms. The van der Waals surface area contributed by atoms with Crippen molar-refractivity contribution in [2.45, 2.75) is 24.6 Å². The molecule has 7 heteroatoms. The van der Waals surface area contributed by atoms with Gasteiger partial charge < -0.3 is 29.2 Å². The average molecular weight is 370 g/mol. The summed E-state index contributed by atoms with van der Waals surface area (Å²) in [5.41, 5.74) is 0.588. The van der Waals surface area contributed by atoms with Crippen molar-refractivity contribution in [1.82, 2.24) is 0 Å². The molecule has 4 rings (SSSR count). The molecule has 27 heavy (non-hydrogen) atoms. The monoisotopic (exact) mass is 370 g/mol. The van der Waals surface area contributed by atoms with E-state index >= 15 is 0 Å². The van der Waals surface area contributed by atoms with Crippen LogP contribution in [-0.2, 0) is 4.74 Å². The Labute approximate surface area is 154 Å². The quantitative estimate of drug-likeness (QED) is 0.635. The summed E-state index contributed by atoms with van der Waals surface area (Å²) in [6.45, 7) is -0.490. The lowest BCUT2D eigenvalue weighted by atomic mass is 10.1. The largest absolute Gasteiger partial charge is 0.454 e. The zero-order valence-corrected chi connectivity index (χ0v) is 14.2. The van der Waals surface area contributed by atoms with Crippen LogP contribution in [0.2, 0.25) is 0 Å². The summed E-state index contributed by atoms with van der Waals surface area (Å²) in [4.78, 5) is 13.0. The van der Waals surface area contributed by atoms with E-state index in [0.717, 1.165) is 0 Å². The zero-order valence-electron chi connectivity index (χ0n) is 14.2. The summed E-state index contributed by atoms with van der Waals surface area (Å²) in [5.74, 6) is 0.0618. The van der Waals surface area contributed by atoms with E-state index in [1.54, 1.807) is 48.5 Å². The van der Waals surface area contributed by atoms with Gasteiger partial charge in [0.05, 0.1) is 12.0 Å². The van der Waals surface area contributed by atoms with Crippen LogP contribution in [-0.4, -0.2) is 46.5 Å². The Balaban J connectivity index is 1.84. The Morgan fingerprint density at radius 2 is 1.67 bits per heavy atom. The highest BCUT2D eigenvalue weighted by Crippen LogP contribution is 2.33. The minimum absolute atomic E-state index is 0.130. The van der Waals surface area contributed by atoms with Crippen LogP contribution < -0.4 is 10.2 Å². The highest BCUT2D eigenvalue weighted by atomic mass is 16.7. The maximum atomic E-state index is 13.0. The van der Waals surface area contributed by atoms with Crippen LogP contribution in [0.4, 0.5) is 0 Å². The number of hydrogen-bond donors (Lipinski definition) is 3. The van der Waals surface area contributed by atoms with Gasteiger partial charge in [-0.15, -0.1) is 0 Å². The van der Waals surface area contributed by atoms with Crippen molar-refractivity contribution >= 4 is 11.0 Å². The maximum Gasteiger partial charge on any atom is 0.235 e. The molecule has 1 aromatic heterocycles. The third kappa shape index (κ3) is 3.11. The van der Waals surface area contributed by atoms with Gasteiger partial charge in [-0.25, -0.2) is 0 Å². The number of rotatable bonds is 4. The molecule has 0 saturated carbocycles. The Kier molecular flexibility index (Phi) is 4.67. The number of fused-ring (bicyclic) bond motifs is 1. The molecule has 4 atom stereocenters. The summed E-state index contributed by atoms with van der Waals surface area (Å²) in [6, 6.07) is 15.7. The minimum Gasteiger partial charge on any atom is -0.454 e. The van der Waals surface area contributed by atoms with Gasteiger partial charge in [0.1, 0.15) is 23.9 Å². The first kappa shape index (κ1) is 17.7. The Hall–Kier alpha value is -2.71. The molecule has 1 aliphatic rings. The van der Waals surface area contributed by atoms with E-state index in [4.69, 9.17) is 13.9 Å². The van der Waals surface area contributed by atoms with Gasteiger partial charge >= 0.3 is 0 Å². The third-order valence-electron chi connectivity index (χ3n) is 4.52. The molecule has 2 aromatic carbocycles. The fourth-order valence-electron chi connectivity index (χ4n) is 3.09. The smallest absolute Gasteiger partial charge is 0.235 e. The minimum atomic E-state index is -1.42. The van der Waals surface area contributed by atoms with Crippen LogP contribution in [0.5, 0.6) is 5.75 Å². The van der Waals surface area contributed by atoms with Gasteiger partial charge in [-0.1, -0.05) is 42.5 Å². The molecule has 0 radical (unpaired) electrons. The lowest BCUT2D eigenvalue weighted by Crippen LogP contribution is -2.36. The van der Waals surface area contributed by atoms with Gasteiger partial charge in [-0.05, 0) is 12.1 Å². The second-order valence-corrected chi connectivity index (χ2v) is 6.28. The zero-order chi connectivity index (χ0) is 19.0. The standard InChI is InChI=1S/C20H18O7/c21-10-14-16(23)17(24)20(26-14)27-19-15(22)12-8-4-5-9-13(12)25-18(19)11-6-2-1-3-7-11/h1-9,14,16-17,20-21,23-24H,10H2/t14-,16+,17+,20?/m1/s1. The third-order valence-corrected chi connectivity index (χ3v) is 4.52. The molecule has 0 amide bonds. The van der Waals surface area contributed by atoms with Gasteiger partial charge in [0, 0.05) is 5.56 Å². The van der Waals surface area contributed by atoms with Gasteiger partial charge in [0.2, 0.25) is 17.5 Å². The molecule has 2 heterocycles. The highest BCUT2D eigenvalue weighted by molar-refractivity contribution is 5.81. The lowest BCUT2D eigenvalue weighted by Gasteiger charge is -2.18. The molecular formula is C20H18O7. The van der Waals surface area contributed by atoms with E-state index in [0.29, 0.717) is 16.5 Å². The van der Waals surface area contributed by atoms with Gasteiger partial charge in [0.25, 0.3) is 0 Å². The number of ether oxygens (including phenoxy) is 2. The first-order chi connectivity index (χ1) is 13.1. The lowest BCUT2D eigenvalue weighted by molar-refractivity contribution is -0.117. The number of aliphatic hydroxyl groups is 3. The second kappa shape index (κ2) is 7.13. The topological polar surface area (TPSA) is 109 Å². The molecule has 1 unspecified atom stereocenters. The maximum absolute atomic E-state index is 13.0. The van der Waals surface area contributed by atoms with Crippen molar-refractivity contribution in [3.63, 3.8) is 0 Å². The summed E-state index contributed by atoms with van der Waals surface area (Å²) in [5, 5.41) is 29.6. The number of benzene rings is 2. The van der Waals surface area contributed by atoms with E-state index in [1.165, 1.54) is 0 Å². The first-order valence-corrected chi connectivity index (χ1v) is 8.50. The average Bonchev–Trinajstić information content (AvgIpc) is 2.98. The molecule has 140 valence electrons. The van der Waals surface area contributed by atoms with Gasteiger partial charge in [-0.2, -0.15) is 0 Å². The predicted molar refractivity (Wildman–Crippen MR) is 96.3 cm³/mol. The van der Waals surface area contributed by atoms with Gasteiger partial charge in [-0.3, -0.25) is 4.79 Å². The summed E-state index contributed by atoms with van der Waals surface area (Å²) in [6.07, 6.45) is -5.06. The molecule has 1 saturated heterocycles. The molecule has 0 bridgehead atoms. The summed E-state index contributed by atoms with van der Waals surface area (Å²) < 4.78 is 16.9. The predicted octanol–water partition coefficient (Wildman–Crippen LogP) is 1.28. The SMILES string of the molecule is O=c1c(OC2O[C@H](CO)[C@H](O)[C@@H]2O)c(-c2ccccc2)oc2ccccc12. The number of hydrogen-bond acceptors (Lipinski definition) is 7. The summed E-state index contributed by atoms with van der Waals surface area (Å²) >= 11 is 0. The van der Waals surface area contributed by atoms with Crippen LogP contribution in [0, 0.1) is 0 Å². The van der Waals surface area contributed by atoms with E-state index in [9.17, 15) is 20.1 Å². The van der Waals surface area contributed by atoms with Crippen molar-refractivity contribution in [3.05, 3.63) is 64.8 Å². The first-order valence-electron chi connectivity index (χ1n) is 8.50. The van der Waals surface area contributed by atoms with Crippen molar-refractivity contribution < 1.29 is 29.2 Å². The fourth-order valence-corrected chi connectivity index (χ4v) is 3.09. The molecule has 0 aliphatic carbocycles. The van der Waals surface area contributed by atoms with Crippen molar-refractivity contribution in [2.75, 3.05) is 6.61 Å². The molecule has 7 nitrogen and oxygen atoms in total. The normalized spacial score (nSPS) is 25.0. The molecule has 1 aliphatic heterocycles. The van der Waals surface area contributed by atoms with Gasteiger partial charge in [0.15, 0.2) is 5.76 Å². The van der Waals surface area contributed by atoms with E-state index < -0.39 is 36.6 Å². The fraction of sp³-hybridized carbons (Fsp3) is 0.250. The molecule has 3 N–H and O–H groups in total. The number of aliphatic hydroxyl groups excluding tert-OH is 3. The second-order valence-electron chi connectivity index (χ2n) is 6.28. The molecular weight excluding hydrogens is 352 g/mol. The van der Waals surface area contributed by atoms with Crippen LogP contribution in [0.25, 0.3) is 22.3 Å². The number of para-hydroxylation sites is 1. The summed E-state index contributed by atoms with van der Waals surface area (Å²) in [7, 11) is 0. The van der Waals surface area contributed by atoms with Crippen LogP contribution in [0.1, 0.15) is 0 Å². The molecule has 1 fully saturated rings. The van der Waals surface area contributed by atoms with Crippen LogP contribution >= 0.6 is 0 Å². The van der Waals surface area contributed by atoms with E-state index in [-0.39, 0.29) is 11.5 Å². The van der Waals surface area contributed by atoms with Crippen molar-refractivity contribution in [3.8, 4) is 17.1 Å². The van der Waals surface area contributed by atoms with Crippen LogP contribution in [0.15, 0.2) is 63.8 Å². The van der Waals surface area contributed by atoms with E-state index in [1.807, 2.05) is 6.07 Å². The Bertz CT molecular complexity index is 998. The highest BCUT2D eigenvalue weighted by Gasteiger charge is 2.44. The Morgan fingerprint density at radius 3 is 2.37 bits per heavy atom. The van der Waals surface area contributed by atoms with Crippen LogP contribution in [0.3, 0.4) is 0 Å². The van der Waals surface area contributed by atoms with E-state index in [2.05, 4.69) is 0 Å². The van der Waals surface area contributed by atoms with Crippen molar-refractivity contribution in [2.24, 2.45) is 0 Å². The van der Waals surface area contributed by atoms with Crippen molar-refractivity contribution in [1.29, 1.82) is 0 Å². The molecule has 3 aromatic rings.